The van der Waals surface area contributed by atoms with Gasteiger partial charge in [0, 0.05) is 6.54 Å². The molecule has 0 spiro atoms. The van der Waals surface area contributed by atoms with E-state index in [9.17, 15) is 4.79 Å². The van der Waals surface area contributed by atoms with E-state index in [1.54, 1.807) is 0 Å². The van der Waals surface area contributed by atoms with Gasteiger partial charge in [-0.15, -0.1) is 0 Å². The summed E-state index contributed by atoms with van der Waals surface area (Å²) >= 11 is 0. The van der Waals surface area contributed by atoms with Crippen molar-refractivity contribution >= 4 is 5.91 Å². The minimum atomic E-state index is 0.0602. The monoisotopic (exact) mass is 249 g/mol. The van der Waals surface area contributed by atoms with Crippen LogP contribution in [-0.2, 0) is 11.2 Å². The third kappa shape index (κ3) is 3.39. The SMILES string of the molecule is CCCCCNC(=O)Cc1ccc2c(c1)OCO2. The maximum absolute atomic E-state index is 11.7. The molecule has 0 saturated heterocycles. The molecule has 1 heterocycles. The molecule has 98 valence electrons. The summed E-state index contributed by atoms with van der Waals surface area (Å²) in [4.78, 5) is 11.7. The summed E-state index contributed by atoms with van der Waals surface area (Å²) in [5.41, 5.74) is 0.951. The molecule has 1 aromatic rings. The molecule has 0 unspecified atom stereocenters. The number of ether oxygens (including phenoxy) is 2. The lowest BCUT2D eigenvalue weighted by atomic mass is 10.1. The number of amides is 1. The second kappa shape index (κ2) is 6.28. The lowest BCUT2D eigenvalue weighted by Crippen LogP contribution is -2.26. The van der Waals surface area contributed by atoms with E-state index in [0.717, 1.165) is 42.9 Å². The zero-order chi connectivity index (χ0) is 12.8. The van der Waals surface area contributed by atoms with E-state index in [4.69, 9.17) is 9.47 Å². The molecular weight excluding hydrogens is 230 g/mol. The van der Waals surface area contributed by atoms with Crippen LogP contribution in [0.3, 0.4) is 0 Å². The Balaban J connectivity index is 1.80. The van der Waals surface area contributed by atoms with E-state index in [2.05, 4.69) is 12.2 Å². The number of unbranched alkanes of at least 4 members (excludes halogenated alkanes) is 2. The number of benzene rings is 1. The van der Waals surface area contributed by atoms with Crippen LogP contribution in [0.5, 0.6) is 11.5 Å². The quantitative estimate of drug-likeness (QED) is 0.787. The van der Waals surface area contributed by atoms with Crippen LogP contribution in [0.15, 0.2) is 18.2 Å². The summed E-state index contributed by atoms with van der Waals surface area (Å²) in [6, 6.07) is 5.62. The van der Waals surface area contributed by atoms with Gasteiger partial charge >= 0.3 is 0 Å². The van der Waals surface area contributed by atoms with Crippen LogP contribution >= 0.6 is 0 Å². The van der Waals surface area contributed by atoms with Gasteiger partial charge in [-0.3, -0.25) is 4.79 Å². The van der Waals surface area contributed by atoms with Crippen LogP contribution in [0, 0.1) is 0 Å². The van der Waals surface area contributed by atoms with Crippen molar-refractivity contribution < 1.29 is 14.3 Å². The van der Waals surface area contributed by atoms with E-state index in [-0.39, 0.29) is 12.7 Å². The van der Waals surface area contributed by atoms with E-state index in [0.29, 0.717) is 6.42 Å². The van der Waals surface area contributed by atoms with Crippen molar-refractivity contribution in [3.05, 3.63) is 23.8 Å². The van der Waals surface area contributed by atoms with Gasteiger partial charge in [0.05, 0.1) is 6.42 Å². The topological polar surface area (TPSA) is 47.6 Å². The maximum Gasteiger partial charge on any atom is 0.231 e. The van der Waals surface area contributed by atoms with Gasteiger partial charge in [0.25, 0.3) is 0 Å². The predicted molar refractivity (Wildman–Crippen MR) is 68.8 cm³/mol. The molecule has 2 rings (SSSR count). The second-order valence-corrected chi connectivity index (χ2v) is 4.42. The Morgan fingerprint density at radius 3 is 2.94 bits per heavy atom. The minimum absolute atomic E-state index is 0.0602. The molecular formula is C14H19NO3. The minimum Gasteiger partial charge on any atom is -0.454 e. The molecule has 1 aliphatic heterocycles. The molecule has 0 atom stereocenters. The molecule has 4 heteroatoms. The first-order valence-electron chi connectivity index (χ1n) is 6.45. The van der Waals surface area contributed by atoms with Gasteiger partial charge in [-0.2, -0.15) is 0 Å². The van der Waals surface area contributed by atoms with Crippen molar-refractivity contribution in [3.8, 4) is 11.5 Å². The van der Waals surface area contributed by atoms with Crippen molar-refractivity contribution in [2.24, 2.45) is 0 Å². The van der Waals surface area contributed by atoms with Crippen LogP contribution in [0.2, 0.25) is 0 Å². The zero-order valence-corrected chi connectivity index (χ0v) is 10.7. The van der Waals surface area contributed by atoms with Gasteiger partial charge in [-0.25, -0.2) is 0 Å². The Bertz CT molecular complexity index is 418. The first-order valence-corrected chi connectivity index (χ1v) is 6.45. The Morgan fingerprint density at radius 2 is 2.11 bits per heavy atom. The van der Waals surface area contributed by atoms with Crippen molar-refractivity contribution in [1.82, 2.24) is 5.32 Å². The van der Waals surface area contributed by atoms with Gasteiger partial charge in [-0.1, -0.05) is 25.8 Å². The Morgan fingerprint density at radius 1 is 1.28 bits per heavy atom. The third-order valence-electron chi connectivity index (χ3n) is 2.90. The van der Waals surface area contributed by atoms with Crippen LogP contribution in [0.25, 0.3) is 0 Å². The summed E-state index contributed by atoms with van der Waals surface area (Å²) < 4.78 is 10.5. The number of carbonyl (C=O) groups is 1. The standard InChI is InChI=1S/C14H19NO3/c1-2-3-4-7-15-14(16)9-11-5-6-12-13(8-11)18-10-17-12/h5-6,8H,2-4,7,9-10H2,1H3,(H,15,16). The molecule has 0 saturated carbocycles. The van der Waals surface area contributed by atoms with E-state index >= 15 is 0 Å². The zero-order valence-electron chi connectivity index (χ0n) is 10.7. The number of nitrogens with one attached hydrogen (secondary N) is 1. The third-order valence-corrected chi connectivity index (χ3v) is 2.90. The summed E-state index contributed by atoms with van der Waals surface area (Å²) in [5, 5.41) is 2.92. The van der Waals surface area contributed by atoms with Crippen molar-refractivity contribution in [2.75, 3.05) is 13.3 Å². The van der Waals surface area contributed by atoms with Gasteiger partial charge < -0.3 is 14.8 Å². The van der Waals surface area contributed by atoms with Crippen LogP contribution in [0.4, 0.5) is 0 Å². The van der Waals surface area contributed by atoms with Crippen molar-refractivity contribution in [2.45, 2.75) is 32.6 Å². The fourth-order valence-electron chi connectivity index (χ4n) is 1.90. The first-order chi connectivity index (χ1) is 8.79. The summed E-state index contributed by atoms with van der Waals surface area (Å²) in [6.45, 7) is 3.17. The molecule has 1 N–H and O–H groups in total. The average molecular weight is 249 g/mol. The van der Waals surface area contributed by atoms with Gasteiger partial charge in [0.2, 0.25) is 12.7 Å². The molecule has 1 aromatic carbocycles. The highest BCUT2D eigenvalue weighted by atomic mass is 16.7. The largest absolute Gasteiger partial charge is 0.454 e. The highest BCUT2D eigenvalue weighted by Gasteiger charge is 2.14. The molecule has 0 aliphatic carbocycles. The molecule has 4 nitrogen and oxygen atoms in total. The van der Waals surface area contributed by atoms with Crippen LogP contribution in [-0.4, -0.2) is 19.2 Å². The number of carbonyl (C=O) groups excluding carboxylic acids is 1. The summed E-state index contributed by atoms with van der Waals surface area (Å²) in [5.74, 6) is 1.54. The lowest BCUT2D eigenvalue weighted by molar-refractivity contribution is -0.120. The smallest absolute Gasteiger partial charge is 0.231 e. The molecule has 18 heavy (non-hydrogen) atoms. The van der Waals surface area contributed by atoms with E-state index in [1.807, 2.05) is 18.2 Å². The Labute approximate surface area is 107 Å². The van der Waals surface area contributed by atoms with Crippen LogP contribution < -0.4 is 14.8 Å². The first kappa shape index (κ1) is 12.7. The van der Waals surface area contributed by atoms with Crippen molar-refractivity contribution in [3.63, 3.8) is 0 Å². The van der Waals surface area contributed by atoms with E-state index < -0.39 is 0 Å². The molecule has 0 radical (unpaired) electrons. The predicted octanol–water partition coefficient (Wildman–Crippen LogP) is 2.26. The van der Waals surface area contributed by atoms with Gasteiger partial charge in [0.1, 0.15) is 0 Å². The number of hydrogen-bond acceptors (Lipinski definition) is 3. The summed E-state index contributed by atoms with van der Waals surface area (Å²) in [6.07, 6.45) is 3.76. The van der Waals surface area contributed by atoms with Crippen LogP contribution in [0.1, 0.15) is 31.7 Å². The van der Waals surface area contributed by atoms with E-state index in [1.165, 1.54) is 0 Å². The normalized spacial score (nSPS) is 12.5. The highest BCUT2D eigenvalue weighted by Crippen LogP contribution is 2.32. The van der Waals surface area contributed by atoms with Gasteiger partial charge in [0.15, 0.2) is 11.5 Å². The average Bonchev–Trinajstić information content (AvgIpc) is 2.82. The second-order valence-electron chi connectivity index (χ2n) is 4.42. The summed E-state index contributed by atoms with van der Waals surface area (Å²) in [7, 11) is 0. The van der Waals surface area contributed by atoms with Gasteiger partial charge in [-0.05, 0) is 24.1 Å². The lowest BCUT2D eigenvalue weighted by Gasteiger charge is -2.05. The number of rotatable bonds is 6. The number of hydrogen-bond donors (Lipinski definition) is 1. The Kier molecular flexibility index (Phi) is 4.45. The Hall–Kier alpha value is -1.71. The molecule has 0 aromatic heterocycles. The van der Waals surface area contributed by atoms with Crippen molar-refractivity contribution in [1.29, 1.82) is 0 Å². The highest BCUT2D eigenvalue weighted by molar-refractivity contribution is 5.78. The number of fused-ring (bicyclic) bond motifs is 1. The molecule has 1 aliphatic rings. The molecule has 0 bridgehead atoms. The fourth-order valence-corrected chi connectivity index (χ4v) is 1.90. The molecule has 0 fully saturated rings. The maximum atomic E-state index is 11.7. The fraction of sp³-hybridized carbons (Fsp3) is 0.500. The molecule has 1 amide bonds.